The summed E-state index contributed by atoms with van der Waals surface area (Å²) in [5, 5.41) is 2.66. The third-order valence-electron chi connectivity index (χ3n) is 6.30. The molecule has 0 aromatic heterocycles. The number of ether oxygens (including phenoxy) is 2. The van der Waals surface area contributed by atoms with E-state index in [0.29, 0.717) is 35.7 Å². The van der Waals surface area contributed by atoms with Gasteiger partial charge in [-0.05, 0) is 67.4 Å². The Kier molecular flexibility index (Phi) is 6.81. The van der Waals surface area contributed by atoms with Gasteiger partial charge < -0.3 is 14.8 Å². The second-order valence-corrected chi connectivity index (χ2v) is 8.78. The van der Waals surface area contributed by atoms with Gasteiger partial charge in [-0.2, -0.15) is 0 Å². The molecule has 1 fully saturated rings. The van der Waals surface area contributed by atoms with Gasteiger partial charge >= 0.3 is 5.97 Å². The number of esters is 1. The SMILES string of the molecule is O=C(COC(=O)c1cccc(N2C(=O)[C@@H]3CC=CC[C@H]3C2=O)c1)Nc1ccc(Oc2ccccc2)cc1. The quantitative estimate of drug-likeness (QED) is 0.288. The number of allylic oxidation sites excluding steroid dienone is 2. The molecular formula is C29H24N2O6. The fourth-order valence-corrected chi connectivity index (χ4v) is 4.47. The minimum Gasteiger partial charge on any atom is -0.457 e. The number of hydrogen-bond acceptors (Lipinski definition) is 6. The lowest BCUT2D eigenvalue weighted by atomic mass is 9.85. The summed E-state index contributed by atoms with van der Waals surface area (Å²) in [5.74, 6) is -1.19. The molecule has 186 valence electrons. The van der Waals surface area contributed by atoms with Crippen LogP contribution in [0.1, 0.15) is 23.2 Å². The van der Waals surface area contributed by atoms with Crippen LogP contribution in [0.5, 0.6) is 11.5 Å². The largest absolute Gasteiger partial charge is 0.457 e. The molecule has 1 aliphatic heterocycles. The summed E-state index contributed by atoms with van der Waals surface area (Å²) in [6, 6.07) is 22.2. The van der Waals surface area contributed by atoms with E-state index in [1.165, 1.54) is 12.1 Å². The van der Waals surface area contributed by atoms with Gasteiger partial charge in [0, 0.05) is 5.69 Å². The first-order valence-corrected chi connectivity index (χ1v) is 11.9. The van der Waals surface area contributed by atoms with Gasteiger partial charge in [0.25, 0.3) is 5.91 Å². The number of carbonyl (C=O) groups is 4. The summed E-state index contributed by atoms with van der Waals surface area (Å²) < 4.78 is 10.9. The van der Waals surface area contributed by atoms with E-state index in [2.05, 4.69) is 5.32 Å². The molecule has 0 spiro atoms. The monoisotopic (exact) mass is 496 g/mol. The zero-order chi connectivity index (χ0) is 25.8. The van der Waals surface area contributed by atoms with Gasteiger partial charge in [-0.1, -0.05) is 36.4 Å². The Morgan fingerprint density at radius 3 is 2.14 bits per heavy atom. The molecule has 8 heteroatoms. The van der Waals surface area contributed by atoms with Gasteiger partial charge in [-0.15, -0.1) is 0 Å². The fourth-order valence-electron chi connectivity index (χ4n) is 4.47. The molecule has 0 saturated carbocycles. The Morgan fingerprint density at radius 1 is 0.811 bits per heavy atom. The van der Waals surface area contributed by atoms with Crippen LogP contribution in [0.15, 0.2) is 91.0 Å². The van der Waals surface area contributed by atoms with E-state index >= 15 is 0 Å². The third-order valence-corrected chi connectivity index (χ3v) is 6.30. The van der Waals surface area contributed by atoms with Crippen molar-refractivity contribution >= 4 is 35.1 Å². The number of benzene rings is 3. The summed E-state index contributed by atoms with van der Waals surface area (Å²) in [6.45, 7) is -0.497. The molecule has 0 radical (unpaired) electrons. The lowest BCUT2D eigenvalue weighted by Gasteiger charge is -2.15. The summed E-state index contributed by atoms with van der Waals surface area (Å²) in [4.78, 5) is 51.7. The molecule has 1 saturated heterocycles. The van der Waals surface area contributed by atoms with Crippen molar-refractivity contribution in [2.24, 2.45) is 11.8 Å². The number of nitrogens with zero attached hydrogens (tertiary/aromatic N) is 1. The minimum absolute atomic E-state index is 0.140. The predicted octanol–water partition coefficient (Wildman–Crippen LogP) is 4.73. The molecule has 3 aromatic carbocycles. The Hall–Kier alpha value is -4.72. The van der Waals surface area contributed by atoms with Gasteiger partial charge in [-0.3, -0.25) is 19.3 Å². The van der Waals surface area contributed by atoms with Crippen molar-refractivity contribution in [2.75, 3.05) is 16.8 Å². The van der Waals surface area contributed by atoms with Gasteiger partial charge in [-0.25, -0.2) is 4.79 Å². The van der Waals surface area contributed by atoms with Crippen molar-refractivity contribution in [1.82, 2.24) is 0 Å². The van der Waals surface area contributed by atoms with E-state index < -0.39 is 18.5 Å². The van der Waals surface area contributed by atoms with Crippen LogP contribution in [0.4, 0.5) is 11.4 Å². The maximum absolute atomic E-state index is 12.8. The molecule has 1 N–H and O–H groups in total. The summed E-state index contributed by atoms with van der Waals surface area (Å²) >= 11 is 0. The Balaban J connectivity index is 1.16. The second-order valence-electron chi connectivity index (χ2n) is 8.78. The molecule has 0 unspecified atom stereocenters. The molecule has 8 nitrogen and oxygen atoms in total. The van der Waals surface area contributed by atoms with Gasteiger partial charge in [0.1, 0.15) is 11.5 Å². The van der Waals surface area contributed by atoms with Crippen molar-refractivity contribution in [3.63, 3.8) is 0 Å². The molecule has 3 amide bonds. The lowest BCUT2D eigenvalue weighted by Crippen LogP contribution is -2.31. The Bertz CT molecular complexity index is 1340. The first kappa shape index (κ1) is 24.0. The Labute approximate surface area is 213 Å². The Morgan fingerprint density at radius 2 is 1.46 bits per heavy atom. The maximum Gasteiger partial charge on any atom is 0.338 e. The van der Waals surface area contributed by atoms with E-state index in [-0.39, 0.29) is 29.2 Å². The molecular weight excluding hydrogens is 472 g/mol. The summed E-state index contributed by atoms with van der Waals surface area (Å²) in [5.41, 5.74) is 0.980. The zero-order valence-corrected chi connectivity index (χ0v) is 19.8. The van der Waals surface area contributed by atoms with Crippen LogP contribution in [0.3, 0.4) is 0 Å². The number of carbonyl (C=O) groups excluding carboxylic acids is 4. The van der Waals surface area contributed by atoms with Crippen LogP contribution in [0.25, 0.3) is 0 Å². The first-order chi connectivity index (χ1) is 18.0. The van der Waals surface area contributed by atoms with Crippen molar-refractivity contribution in [3.05, 3.63) is 96.6 Å². The van der Waals surface area contributed by atoms with Gasteiger partial charge in [0.2, 0.25) is 11.8 Å². The number of rotatable bonds is 7. The number of amides is 3. The minimum atomic E-state index is -0.734. The average Bonchev–Trinajstić information content (AvgIpc) is 3.19. The standard InChI is InChI=1S/C29H24N2O6/c32-26(30-20-13-15-23(16-14-20)37-22-9-2-1-3-10-22)18-36-29(35)19-7-6-8-21(17-19)31-27(33)24-11-4-5-12-25(24)28(31)34/h1-10,13-17,24-25H,11-12,18H2,(H,30,32)/t24-,25-/m1/s1. The van der Waals surface area contributed by atoms with E-state index in [1.54, 1.807) is 36.4 Å². The number of fused-ring (bicyclic) bond motifs is 1. The molecule has 1 heterocycles. The summed E-state index contributed by atoms with van der Waals surface area (Å²) in [7, 11) is 0. The molecule has 3 aromatic rings. The molecule has 1 aliphatic carbocycles. The second kappa shape index (κ2) is 10.5. The van der Waals surface area contributed by atoms with E-state index in [0.717, 1.165) is 4.90 Å². The highest BCUT2D eigenvalue weighted by molar-refractivity contribution is 6.22. The normalized spacial score (nSPS) is 18.3. The topological polar surface area (TPSA) is 102 Å². The fraction of sp³-hybridized carbons (Fsp3) is 0.172. The van der Waals surface area contributed by atoms with E-state index in [4.69, 9.17) is 9.47 Å². The van der Waals surface area contributed by atoms with Crippen LogP contribution >= 0.6 is 0 Å². The van der Waals surface area contributed by atoms with Gasteiger partial charge in [0.15, 0.2) is 6.61 Å². The number of hydrogen-bond donors (Lipinski definition) is 1. The van der Waals surface area contributed by atoms with E-state index in [9.17, 15) is 19.2 Å². The first-order valence-electron chi connectivity index (χ1n) is 11.9. The van der Waals surface area contributed by atoms with E-state index in [1.807, 2.05) is 42.5 Å². The van der Waals surface area contributed by atoms with Crippen molar-refractivity contribution in [2.45, 2.75) is 12.8 Å². The molecule has 2 atom stereocenters. The van der Waals surface area contributed by atoms with Gasteiger partial charge in [0.05, 0.1) is 23.1 Å². The van der Waals surface area contributed by atoms with Crippen molar-refractivity contribution in [3.8, 4) is 11.5 Å². The number of anilines is 2. The third kappa shape index (κ3) is 5.28. The van der Waals surface area contributed by atoms with Crippen molar-refractivity contribution < 1.29 is 28.7 Å². The highest BCUT2D eigenvalue weighted by Crippen LogP contribution is 2.37. The van der Waals surface area contributed by atoms with Crippen LogP contribution in [-0.4, -0.2) is 30.3 Å². The average molecular weight is 497 g/mol. The van der Waals surface area contributed by atoms with Crippen LogP contribution in [0.2, 0.25) is 0 Å². The highest BCUT2D eigenvalue weighted by Gasteiger charge is 2.47. The number of imide groups is 1. The molecule has 0 bridgehead atoms. The predicted molar refractivity (Wildman–Crippen MR) is 136 cm³/mol. The highest BCUT2D eigenvalue weighted by atomic mass is 16.5. The van der Waals surface area contributed by atoms with Crippen LogP contribution in [0, 0.1) is 11.8 Å². The summed E-state index contributed by atoms with van der Waals surface area (Å²) in [6.07, 6.45) is 4.90. The maximum atomic E-state index is 12.8. The molecule has 37 heavy (non-hydrogen) atoms. The molecule has 5 rings (SSSR count). The molecule has 2 aliphatic rings. The van der Waals surface area contributed by atoms with Crippen LogP contribution in [-0.2, 0) is 19.1 Å². The van der Waals surface area contributed by atoms with Crippen molar-refractivity contribution in [1.29, 1.82) is 0 Å². The smallest absolute Gasteiger partial charge is 0.338 e. The number of para-hydroxylation sites is 1. The number of nitrogens with one attached hydrogen (secondary N) is 1. The zero-order valence-electron chi connectivity index (χ0n) is 19.8. The van der Waals surface area contributed by atoms with Crippen LogP contribution < -0.4 is 15.0 Å². The lowest BCUT2D eigenvalue weighted by molar-refractivity contribution is -0.122.